The summed E-state index contributed by atoms with van der Waals surface area (Å²) < 4.78 is 45.9. The molecule has 1 fully saturated rings. The summed E-state index contributed by atoms with van der Waals surface area (Å²) >= 11 is 0. The Labute approximate surface area is 172 Å². The molecule has 158 valence electrons. The molecule has 2 atom stereocenters. The zero-order valence-electron chi connectivity index (χ0n) is 16.3. The number of nitrogens with zero attached hydrogens (tertiary/aromatic N) is 2. The normalized spacial score (nSPS) is 17.0. The van der Waals surface area contributed by atoms with Crippen molar-refractivity contribution in [3.8, 4) is 6.07 Å². The molecule has 1 unspecified atom stereocenters. The number of amides is 1. The van der Waals surface area contributed by atoms with Gasteiger partial charge in [0.1, 0.15) is 5.82 Å². The van der Waals surface area contributed by atoms with E-state index in [1.807, 2.05) is 12.1 Å². The molecule has 30 heavy (non-hydrogen) atoms. The second-order valence-electron chi connectivity index (χ2n) is 7.40. The summed E-state index contributed by atoms with van der Waals surface area (Å²) in [5, 5.41) is 8.82. The summed E-state index contributed by atoms with van der Waals surface area (Å²) in [5.74, 6) is -3.47. The van der Waals surface area contributed by atoms with Crippen molar-refractivity contribution < 1.29 is 22.7 Å². The molecule has 0 saturated carbocycles. The fourth-order valence-electron chi connectivity index (χ4n) is 3.41. The fraction of sp³-hybridized carbons (Fsp3) is 0.364. The van der Waals surface area contributed by atoms with Gasteiger partial charge in [-0.1, -0.05) is 12.1 Å². The summed E-state index contributed by atoms with van der Waals surface area (Å²) in [7, 11) is 0. The number of carbonyl (C=O) groups is 1. The average Bonchev–Trinajstić information content (AvgIpc) is 3.20. The predicted octanol–water partition coefficient (Wildman–Crippen LogP) is 3.05. The molecule has 0 spiro atoms. The van der Waals surface area contributed by atoms with E-state index in [0.717, 1.165) is 11.6 Å². The van der Waals surface area contributed by atoms with Crippen molar-refractivity contribution in [1.82, 2.24) is 4.90 Å². The van der Waals surface area contributed by atoms with Crippen LogP contribution in [-0.4, -0.2) is 36.0 Å². The lowest BCUT2D eigenvalue weighted by molar-refractivity contribution is -0.131. The van der Waals surface area contributed by atoms with Gasteiger partial charge < -0.3 is 15.4 Å². The Kier molecular flexibility index (Phi) is 7.08. The van der Waals surface area contributed by atoms with Crippen molar-refractivity contribution in [3.63, 3.8) is 0 Å². The molecule has 8 heteroatoms. The van der Waals surface area contributed by atoms with Gasteiger partial charge in [-0.15, -0.1) is 0 Å². The number of nitrogens with two attached hydrogens (primary N) is 1. The molecule has 2 aromatic carbocycles. The Hall–Kier alpha value is -2.89. The summed E-state index contributed by atoms with van der Waals surface area (Å²) in [5.41, 5.74) is 7.40. The first kappa shape index (κ1) is 21.8. The Balaban J connectivity index is 1.46. The lowest BCUT2D eigenvalue weighted by atomic mass is 10.0. The second kappa shape index (κ2) is 9.74. The van der Waals surface area contributed by atoms with Crippen molar-refractivity contribution in [2.75, 3.05) is 13.1 Å². The molecule has 3 rings (SSSR count). The van der Waals surface area contributed by atoms with Crippen LogP contribution in [0.5, 0.6) is 0 Å². The van der Waals surface area contributed by atoms with Gasteiger partial charge in [0, 0.05) is 31.6 Å². The Morgan fingerprint density at radius 1 is 1.20 bits per heavy atom. The highest BCUT2D eigenvalue weighted by atomic mass is 19.2. The maximum absolute atomic E-state index is 13.8. The van der Waals surface area contributed by atoms with Gasteiger partial charge in [0.05, 0.1) is 24.3 Å². The fourth-order valence-corrected chi connectivity index (χ4v) is 3.41. The minimum absolute atomic E-state index is 0.0270. The van der Waals surface area contributed by atoms with Gasteiger partial charge in [0.25, 0.3) is 0 Å². The molecule has 0 aromatic heterocycles. The quantitative estimate of drug-likeness (QED) is 0.703. The summed E-state index contributed by atoms with van der Waals surface area (Å²) in [6.07, 6.45) is 0.487. The summed E-state index contributed by atoms with van der Waals surface area (Å²) in [6, 6.07) is 9.70. The third kappa shape index (κ3) is 5.59. The van der Waals surface area contributed by atoms with Gasteiger partial charge in [0.15, 0.2) is 11.6 Å². The average molecular weight is 417 g/mol. The SMILES string of the molecule is N#Cc1ccc(COC2CCN(C(=O)C[C@H](N)Cc3cc(F)c(F)cc3F)C2)cc1. The number of benzene rings is 2. The van der Waals surface area contributed by atoms with Gasteiger partial charge in [-0.25, -0.2) is 13.2 Å². The number of ether oxygens (including phenoxy) is 1. The van der Waals surface area contributed by atoms with Gasteiger partial charge in [0.2, 0.25) is 5.91 Å². The zero-order chi connectivity index (χ0) is 21.7. The molecule has 0 radical (unpaired) electrons. The highest BCUT2D eigenvalue weighted by Crippen LogP contribution is 2.19. The van der Waals surface area contributed by atoms with Crippen LogP contribution in [0.1, 0.15) is 29.5 Å². The Morgan fingerprint density at radius 3 is 2.60 bits per heavy atom. The molecule has 5 nitrogen and oxygen atoms in total. The number of likely N-dealkylation sites (tertiary alicyclic amines) is 1. The van der Waals surface area contributed by atoms with Crippen LogP contribution in [0.2, 0.25) is 0 Å². The molecule has 2 aromatic rings. The van der Waals surface area contributed by atoms with Crippen LogP contribution in [0, 0.1) is 28.8 Å². The molecule has 1 aliphatic heterocycles. The van der Waals surface area contributed by atoms with E-state index in [4.69, 9.17) is 15.7 Å². The lowest BCUT2D eigenvalue weighted by Gasteiger charge is -2.19. The van der Waals surface area contributed by atoms with E-state index >= 15 is 0 Å². The van der Waals surface area contributed by atoms with Gasteiger partial charge in [-0.05, 0) is 42.2 Å². The molecule has 1 saturated heterocycles. The maximum atomic E-state index is 13.8. The number of rotatable bonds is 7. The summed E-state index contributed by atoms with van der Waals surface area (Å²) in [4.78, 5) is 14.1. The van der Waals surface area contributed by atoms with Crippen LogP contribution in [0.15, 0.2) is 36.4 Å². The lowest BCUT2D eigenvalue weighted by Crippen LogP contribution is -2.36. The highest BCUT2D eigenvalue weighted by Gasteiger charge is 2.28. The third-order valence-electron chi connectivity index (χ3n) is 5.07. The molecule has 2 N–H and O–H groups in total. The number of hydrogen-bond donors (Lipinski definition) is 1. The minimum Gasteiger partial charge on any atom is -0.372 e. The number of carbonyl (C=O) groups excluding carboxylic acids is 1. The van der Waals surface area contributed by atoms with E-state index < -0.39 is 23.5 Å². The molecule has 0 aliphatic carbocycles. The van der Waals surface area contributed by atoms with Crippen LogP contribution in [0.3, 0.4) is 0 Å². The van der Waals surface area contributed by atoms with E-state index in [0.29, 0.717) is 37.7 Å². The maximum Gasteiger partial charge on any atom is 0.224 e. The molecule has 1 heterocycles. The first-order valence-corrected chi connectivity index (χ1v) is 9.63. The van der Waals surface area contributed by atoms with Crippen molar-refractivity contribution in [3.05, 3.63) is 70.5 Å². The standard InChI is InChI=1S/C22H22F3N3O2/c23-19-10-21(25)20(24)8-16(19)7-17(27)9-22(29)28-6-5-18(12-28)30-13-15-3-1-14(11-26)2-4-15/h1-4,8,10,17-18H,5-7,9,12-13,27H2/t17-,18?/m1/s1. The minimum atomic E-state index is -1.26. The van der Waals surface area contributed by atoms with Gasteiger partial charge >= 0.3 is 0 Å². The van der Waals surface area contributed by atoms with Crippen LogP contribution in [0.25, 0.3) is 0 Å². The van der Waals surface area contributed by atoms with E-state index in [-0.39, 0.29) is 30.4 Å². The second-order valence-corrected chi connectivity index (χ2v) is 7.40. The van der Waals surface area contributed by atoms with Crippen LogP contribution in [0.4, 0.5) is 13.2 Å². The monoisotopic (exact) mass is 417 g/mol. The largest absolute Gasteiger partial charge is 0.372 e. The number of halogens is 3. The van der Waals surface area contributed by atoms with Crippen LogP contribution >= 0.6 is 0 Å². The molecule has 1 amide bonds. The van der Waals surface area contributed by atoms with E-state index in [1.165, 1.54) is 0 Å². The molecule has 1 aliphatic rings. The van der Waals surface area contributed by atoms with Crippen molar-refractivity contribution >= 4 is 5.91 Å². The van der Waals surface area contributed by atoms with Crippen molar-refractivity contribution in [2.24, 2.45) is 5.73 Å². The smallest absolute Gasteiger partial charge is 0.224 e. The number of nitriles is 1. The third-order valence-corrected chi connectivity index (χ3v) is 5.07. The zero-order valence-corrected chi connectivity index (χ0v) is 16.3. The topological polar surface area (TPSA) is 79.3 Å². The van der Waals surface area contributed by atoms with E-state index in [9.17, 15) is 18.0 Å². The van der Waals surface area contributed by atoms with Crippen LogP contribution in [-0.2, 0) is 22.6 Å². The van der Waals surface area contributed by atoms with Crippen molar-refractivity contribution in [1.29, 1.82) is 5.26 Å². The van der Waals surface area contributed by atoms with Crippen LogP contribution < -0.4 is 5.73 Å². The first-order chi connectivity index (χ1) is 14.4. The van der Waals surface area contributed by atoms with Crippen molar-refractivity contribution in [2.45, 2.75) is 38.0 Å². The van der Waals surface area contributed by atoms with E-state index in [1.54, 1.807) is 17.0 Å². The molecular weight excluding hydrogens is 395 g/mol. The van der Waals surface area contributed by atoms with Gasteiger partial charge in [-0.3, -0.25) is 4.79 Å². The summed E-state index contributed by atoms with van der Waals surface area (Å²) in [6.45, 7) is 1.35. The molecule has 0 bridgehead atoms. The Morgan fingerprint density at radius 2 is 1.90 bits per heavy atom. The molecular formula is C22H22F3N3O2. The number of hydrogen-bond acceptors (Lipinski definition) is 4. The Bertz CT molecular complexity index is 944. The first-order valence-electron chi connectivity index (χ1n) is 9.63. The highest BCUT2D eigenvalue weighted by molar-refractivity contribution is 5.77. The van der Waals surface area contributed by atoms with E-state index in [2.05, 4.69) is 6.07 Å². The van der Waals surface area contributed by atoms with Gasteiger partial charge in [-0.2, -0.15) is 5.26 Å². The predicted molar refractivity (Wildman–Crippen MR) is 104 cm³/mol.